The number of sulfonamides is 1. The fraction of sp³-hybridized carbons (Fsp3) is 0.391. The van der Waals surface area contributed by atoms with Crippen molar-refractivity contribution in [2.75, 3.05) is 13.1 Å². The summed E-state index contributed by atoms with van der Waals surface area (Å²) in [6.45, 7) is 9.64. The Bertz CT molecular complexity index is 1230. The van der Waals surface area contributed by atoms with E-state index in [2.05, 4.69) is 11.1 Å². The van der Waals surface area contributed by atoms with Crippen LogP contribution in [-0.2, 0) is 16.6 Å². The summed E-state index contributed by atoms with van der Waals surface area (Å²) in [5.74, 6) is -0.381. The molecule has 1 heterocycles. The lowest BCUT2D eigenvalue weighted by Gasteiger charge is -2.21. The molecule has 3 aromatic rings. The zero-order valence-electron chi connectivity index (χ0n) is 18.5. The summed E-state index contributed by atoms with van der Waals surface area (Å²) in [7, 11) is -3.57. The number of rotatable bonds is 8. The van der Waals surface area contributed by atoms with Gasteiger partial charge in [0.25, 0.3) is 5.91 Å². The van der Waals surface area contributed by atoms with Crippen molar-refractivity contribution in [2.45, 2.75) is 52.0 Å². The molecular weight excluding hydrogens is 430 g/mol. The standard InChI is InChI=1S/C23H29N3O3S2/c1-5-14-25(15-6-2)31(28,29)19-11-9-18(10-12-19)22(27)24-23-26(7-3)20-13-8-17(4)16-21(20)30-23/h8-13,16H,5-7,14-15H2,1-4H3. The molecule has 0 radical (unpaired) electrons. The van der Waals surface area contributed by atoms with Crippen LogP contribution < -0.4 is 4.80 Å². The van der Waals surface area contributed by atoms with E-state index in [9.17, 15) is 13.2 Å². The van der Waals surface area contributed by atoms with Crippen molar-refractivity contribution in [1.29, 1.82) is 0 Å². The maximum absolute atomic E-state index is 12.9. The van der Waals surface area contributed by atoms with Crippen LogP contribution in [0.15, 0.2) is 52.4 Å². The van der Waals surface area contributed by atoms with Crippen molar-refractivity contribution in [1.82, 2.24) is 8.87 Å². The predicted octanol–water partition coefficient (Wildman–Crippen LogP) is 4.58. The SMILES string of the molecule is CCCN(CCC)S(=O)(=O)c1ccc(C(=O)N=c2sc3cc(C)ccc3n2CC)cc1. The van der Waals surface area contributed by atoms with E-state index in [-0.39, 0.29) is 10.8 Å². The number of aromatic nitrogens is 1. The van der Waals surface area contributed by atoms with Crippen LogP contribution in [-0.4, -0.2) is 36.3 Å². The highest BCUT2D eigenvalue weighted by Gasteiger charge is 2.23. The molecule has 3 rings (SSSR count). The second-order valence-electron chi connectivity index (χ2n) is 7.45. The van der Waals surface area contributed by atoms with Gasteiger partial charge in [0.1, 0.15) is 0 Å². The highest BCUT2D eigenvalue weighted by atomic mass is 32.2. The van der Waals surface area contributed by atoms with Crippen LogP contribution in [0.2, 0.25) is 0 Å². The number of nitrogens with zero attached hydrogens (tertiary/aromatic N) is 3. The Morgan fingerprint density at radius 1 is 1.03 bits per heavy atom. The van der Waals surface area contributed by atoms with Gasteiger partial charge in [-0.1, -0.05) is 31.3 Å². The van der Waals surface area contributed by atoms with E-state index in [1.165, 1.54) is 27.8 Å². The lowest BCUT2D eigenvalue weighted by atomic mass is 10.2. The third kappa shape index (κ3) is 4.97. The Labute approximate surface area is 187 Å². The minimum absolute atomic E-state index is 0.201. The van der Waals surface area contributed by atoms with E-state index >= 15 is 0 Å². The smallest absolute Gasteiger partial charge is 0.279 e. The maximum Gasteiger partial charge on any atom is 0.279 e. The number of amides is 1. The lowest BCUT2D eigenvalue weighted by Crippen LogP contribution is -2.32. The number of fused-ring (bicyclic) bond motifs is 1. The Morgan fingerprint density at radius 3 is 2.26 bits per heavy atom. The first-order valence-corrected chi connectivity index (χ1v) is 12.9. The molecule has 8 heteroatoms. The summed E-state index contributed by atoms with van der Waals surface area (Å²) >= 11 is 1.48. The molecule has 166 valence electrons. The number of hydrogen-bond acceptors (Lipinski definition) is 4. The van der Waals surface area contributed by atoms with E-state index in [1.54, 1.807) is 12.1 Å². The Kier molecular flexibility index (Phi) is 7.46. The van der Waals surface area contributed by atoms with Gasteiger partial charge >= 0.3 is 0 Å². The number of aryl methyl sites for hydroxylation is 2. The summed E-state index contributed by atoms with van der Waals surface area (Å²) in [6.07, 6.45) is 1.50. The fourth-order valence-electron chi connectivity index (χ4n) is 3.49. The van der Waals surface area contributed by atoms with Crippen LogP contribution in [0.4, 0.5) is 0 Å². The first-order chi connectivity index (χ1) is 14.8. The van der Waals surface area contributed by atoms with Crippen LogP contribution in [0.3, 0.4) is 0 Å². The topological polar surface area (TPSA) is 71.7 Å². The quantitative estimate of drug-likeness (QED) is 0.495. The van der Waals surface area contributed by atoms with Crippen molar-refractivity contribution in [2.24, 2.45) is 4.99 Å². The molecule has 2 aromatic carbocycles. The summed E-state index contributed by atoms with van der Waals surface area (Å²) in [4.78, 5) is 18.0. The highest BCUT2D eigenvalue weighted by molar-refractivity contribution is 7.89. The molecule has 0 spiro atoms. The normalized spacial score (nSPS) is 12.7. The molecule has 0 aliphatic heterocycles. The van der Waals surface area contributed by atoms with E-state index in [4.69, 9.17) is 0 Å². The Hall–Kier alpha value is -2.29. The van der Waals surface area contributed by atoms with Crippen LogP contribution in [0.25, 0.3) is 10.2 Å². The fourth-order valence-corrected chi connectivity index (χ4v) is 6.31. The van der Waals surface area contributed by atoms with Crippen LogP contribution >= 0.6 is 11.3 Å². The Balaban J connectivity index is 1.93. The molecule has 0 N–H and O–H groups in total. The summed E-state index contributed by atoms with van der Waals surface area (Å²) in [6, 6.07) is 12.3. The zero-order chi connectivity index (χ0) is 22.6. The van der Waals surface area contributed by atoms with Crippen molar-refractivity contribution in [3.8, 4) is 0 Å². The predicted molar refractivity (Wildman–Crippen MR) is 126 cm³/mol. The molecule has 0 atom stereocenters. The first-order valence-electron chi connectivity index (χ1n) is 10.6. The molecule has 1 aromatic heterocycles. The molecule has 0 unspecified atom stereocenters. The number of benzene rings is 2. The zero-order valence-corrected chi connectivity index (χ0v) is 20.1. The maximum atomic E-state index is 12.9. The minimum atomic E-state index is -3.57. The molecule has 0 bridgehead atoms. The number of hydrogen-bond donors (Lipinski definition) is 0. The molecule has 0 aliphatic carbocycles. The molecular formula is C23H29N3O3S2. The molecule has 6 nitrogen and oxygen atoms in total. The Morgan fingerprint density at radius 2 is 1.68 bits per heavy atom. The summed E-state index contributed by atoms with van der Waals surface area (Å²) < 4.78 is 30.4. The van der Waals surface area contributed by atoms with Gasteiger partial charge in [0, 0.05) is 25.2 Å². The van der Waals surface area contributed by atoms with Crippen LogP contribution in [0, 0.1) is 6.92 Å². The average molecular weight is 460 g/mol. The van der Waals surface area contributed by atoms with Gasteiger partial charge in [-0.2, -0.15) is 9.30 Å². The molecule has 1 amide bonds. The number of thiazole rings is 1. The van der Waals surface area contributed by atoms with Crippen LogP contribution in [0.5, 0.6) is 0 Å². The highest BCUT2D eigenvalue weighted by Crippen LogP contribution is 2.20. The molecule has 0 fully saturated rings. The van der Waals surface area contributed by atoms with Gasteiger partial charge in [-0.05, 0) is 68.7 Å². The van der Waals surface area contributed by atoms with Gasteiger partial charge in [0.05, 0.1) is 15.1 Å². The number of carbonyl (C=O) groups excluding carboxylic acids is 1. The third-order valence-electron chi connectivity index (χ3n) is 5.04. The summed E-state index contributed by atoms with van der Waals surface area (Å²) in [5, 5.41) is 0. The van der Waals surface area contributed by atoms with Gasteiger partial charge in [-0.25, -0.2) is 8.42 Å². The lowest BCUT2D eigenvalue weighted by molar-refractivity contribution is 0.0997. The monoisotopic (exact) mass is 459 g/mol. The van der Waals surface area contributed by atoms with Gasteiger partial charge < -0.3 is 4.57 Å². The van der Waals surface area contributed by atoms with Crippen molar-refractivity contribution < 1.29 is 13.2 Å². The van der Waals surface area contributed by atoms with Crippen molar-refractivity contribution in [3.05, 3.63) is 58.4 Å². The van der Waals surface area contributed by atoms with E-state index in [0.29, 0.717) is 30.0 Å². The van der Waals surface area contributed by atoms with Gasteiger partial charge in [-0.15, -0.1) is 0 Å². The minimum Gasteiger partial charge on any atom is -0.317 e. The van der Waals surface area contributed by atoms with E-state index in [1.807, 2.05) is 44.4 Å². The molecule has 0 saturated heterocycles. The van der Waals surface area contributed by atoms with E-state index < -0.39 is 10.0 Å². The first kappa shape index (κ1) is 23.4. The second-order valence-corrected chi connectivity index (χ2v) is 10.4. The summed E-state index contributed by atoms with van der Waals surface area (Å²) in [5.41, 5.74) is 2.58. The molecule has 31 heavy (non-hydrogen) atoms. The largest absolute Gasteiger partial charge is 0.317 e. The van der Waals surface area contributed by atoms with Gasteiger partial charge in [0.15, 0.2) is 4.80 Å². The second kappa shape index (κ2) is 9.89. The van der Waals surface area contributed by atoms with Crippen molar-refractivity contribution in [3.63, 3.8) is 0 Å². The van der Waals surface area contributed by atoms with Crippen molar-refractivity contribution >= 4 is 37.5 Å². The number of carbonyl (C=O) groups is 1. The molecule has 0 saturated carbocycles. The molecule has 0 aliphatic rings. The third-order valence-corrected chi connectivity index (χ3v) is 7.99. The van der Waals surface area contributed by atoms with Gasteiger partial charge in [-0.3, -0.25) is 4.79 Å². The average Bonchev–Trinajstić information content (AvgIpc) is 3.09. The van der Waals surface area contributed by atoms with Gasteiger partial charge in [0.2, 0.25) is 10.0 Å². The van der Waals surface area contributed by atoms with E-state index in [0.717, 1.165) is 28.6 Å². The van der Waals surface area contributed by atoms with Crippen LogP contribution in [0.1, 0.15) is 49.5 Å².